The van der Waals surface area contributed by atoms with Crippen LogP contribution in [0.15, 0.2) is 18.3 Å². The van der Waals surface area contributed by atoms with Crippen LogP contribution < -0.4 is 0 Å². The first-order valence-electron chi connectivity index (χ1n) is 5.95. The molecule has 5 nitrogen and oxygen atoms in total. The average molecular weight is 261 g/mol. The molecule has 1 aromatic carbocycles. The fraction of sp³-hybridized carbons (Fsp3) is 0.286. The number of hydrogen-bond donors (Lipinski definition) is 2. The Morgan fingerprint density at radius 1 is 1.32 bits per heavy atom. The third-order valence-electron chi connectivity index (χ3n) is 3.18. The number of aromatic carboxylic acids is 1. The van der Waals surface area contributed by atoms with Crippen molar-refractivity contribution in [1.82, 2.24) is 4.57 Å². The molecule has 2 rings (SSSR count). The number of ketones is 1. The molecule has 0 amide bonds. The van der Waals surface area contributed by atoms with Gasteiger partial charge in [-0.05, 0) is 19.4 Å². The van der Waals surface area contributed by atoms with Crippen molar-refractivity contribution < 1.29 is 19.8 Å². The number of carboxylic acids is 1. The number of aliphatic hydroxyl groups is 1. The lowest BCUT2D eigenvalue weighted by Crippen LogP contribution is -2.07. The summed E-state index contributed by atoms with van der Waals surface area (Å²) in [5, 5.41) is 19.0. The van der Waals surface area contributed by atoms with Gasteiger partial charge in [-0.2, -0.15) is 0 Å². The Labute approximate surface area is 110 Å². The first kappa shape index (κ1) is 13.3. The summed E-state index contributed by atoms with van der Waals surface area (Å²) in [7, 11) is 0. The molecule has 0 aliphatic rings. The first-order valence-corrected chi connectivity index (χ1v) is 5.95. The molecule has 0 atom stereocenters. The van der Waals surface area contributed by atoms with E-state index in [1.54, 1.807) is 29.8 Å². The lowest BCUT2D eigenvalue weighted by atomic mass is 10.0. The number of Topliss-reactive ketones (excluding diaryl/α,β-unsaturated/α-hetero) is 1. The number of rotatable bonds is 4. The summed E-state index contributed by atoms with van der Waals surface area (Å²) in [5.74, 6) is -1.16. The van der Waals surface area contributed by atoms with Crippen LogP contribution in [-0.4, -0.2) is 33.1 Å². The molecule has 0 saturated carbocycles. The molecule has 0 radical (unpaired) electrons. The standard InChI is InChI=1S/C14H15NO4/c1-8-3-4-10-11(9(2)17)7-15(5-6-16)13(10)12(8)14(18)19/h3-4,7,16H,5-6H2,1-2H3,(H,18,19). The first-order chi connectivity index (χ1) is 8.97. The highest BCUT2D eigenvalue weighted by Crippen LogP contribution is 2.27. The molecular formula is C14H15NO4. The van der Waals surface area contributed by atoms with Gasteiger partial charge in [-0.3, -0.25) is 4.79 Å². The predicted octanol–water partition coefficient (Wildman–Crippen LogP) is 1.84. The number of carboxylic acid groups (broad SMARTS) is 1. The van der Waals surface area contributed by atoms with Crippen LogP contribution >= 0.6 is 0 Å². The molecular weight excluding hydrogens is 246 g/mol. The van der Waals surface area contributed by atoms with Gasteiger partial charge in [0.15, 0.2) is 5.78 Å². The van der Waals surface area contributed by atoms with E-state index in [2.05, 4.69) is 0 Å². The van der Waals surface area contributed by atoms with Crippen LogP contribution in [0.25, 0.3) is 10.9 Å². The fourth-order valence-electron chi connectivity index (χ4n) is 2.33. The molecule has 0 aliphatic heterocycles. The molecule has 5 heteroatoms. The second kappa shape index (κ2) is 4.85. The zero-order chi connectivity index (χ0) is 14.2. The zero-order valence-electron chi connectivity index (χ0n) is 10.8. The van der Waals surface area contributed by atoms with E-state index in [0.717, 1.165) is 0 Å². The van der Waals surface area contributed by atoms with Gasteiger partial charge in [0.25, 0.3) is 0 Å². The minimum absolute atomic E-state index is 0.117. The van der Waals surface area contributed by atoms with Gasteiger partial charge in [0.1, 0.15) is 0 Å². The highest BCUT2D eigenvalue weighted by atomic mass is 16.4. The number of aromatic nitrogens is 1. The van der Waals surface area contributed by atoms with Gasteiger partial charge < -0.3 is 14.8 Å². The Morgan fingerprint density at radius 3 is 2.53 bits per heavy atom. The van der Waals surface area contributed by atoms with Crippen molar-refractivity contribution in [3.8, 4) is 0 Å². The predicted molar refractivity (Wildman–Crippen MR) is 70.7 cm³/mol. The maximum Gasteiger partial charge on any atom is 0.338 e. The van der Waals surface area contributed by atoms with E-state index in [4.69, 9.17) is 5.11 Å². The Balaban J connectivity index is 2.90. The maximum absolute atomic E-state index is 11.6. The summed E-state index contributed by atoms with van der Waals surface area (Å²) >= 11 is 0. The fourth-order valence-corrected chi connectivity index (χ4v) is 2.33. The number of carbonyl (C=O) groups is 2. The second-order valence-corrected chi connectivity index (χ2v) is 4.47. The molecule has 0 aliphatic carbocycles. The van der Waals surface area contributed by atoms with E-state index in [9.17, 15) is 14.7 Å². The molecule has 100 valence electrons. The Morgan fingerprint density at radius 2 is 2.00 bits per heavy atom. The zero-order valence-corrected chi connectivity index (χ0v) is 10.8. The SMILES string of the molecule is CC(=O)c1cn(CCO)c2c(C(=O)O)c(C)ccc12. The molecule has 0 bridgehead atoms. The lowest BCUT2D eigenvalue weighted by Gasteiger charge is -2.08. The van der Waals surface area contributed by atoms with Crippen LogP contribution in [0, 0.1) is 6.92 Å². The van der Waals surface area contributed by atoms with Crippen molar-refractivity contribution in [3.05, 3.63) is 35.0 Å². The highest BCUT2D eigenvalue weighted by Gasteiger charge is 2.19. The van der Waals surface area contributed by atoms with Gasteiger partial charge in [-0.1, -0.05) is 12.1 Å². The number of aryl methyl sites for hydroxylation is 1. The number of benzene rings is 1. The topological polar surface area (TPSA) is 79.5 Å². The van der Waals surface area contributed by atoms with E-state index < -0.39 is 5.97 Å². The number of fused-ring (bicyclic) bond motifs is 1. The molecule has 2 aromatic rings. The van der Waals surface area contributed by atoms with Gasteiger partial charge in [0.2, 0.25) is 0 Å². The summed E-state index contributed by atoms with van der Waals surface area (Å²) in [5.41, 5.74) is 1.78. The third kappa shape index (κ3) is 2.13. The average Bonchev–Trinajstić information content (AvgIpc) is 2.68. The van der Waals surface area contributed by atoms with Crippen molar-refractivity contribution in [2.75, 3.05) is 6.61 Å². The monoisotopic (exact) mass is 261 g/mol. The summed E-state index contributed by atoms with van der Waals surface area (Å²) in [6.45, 7) is 3.30. The summed E-state index contributed by atoms with van der Waals surface area (Å²) in [4.78, 5) is 23.0. The molecule has 19 heavy (non-hydrogen) atoms. The molecule has 0 fully saturated rings. The van der Waals surface area contributed by atoms with Crippen LogP contribution in [-0.2, 0) is 6.54 Å². The minimum Gasteiger partial charge on any atom is -0.478 e. The molecule has 1 heterocycles. The Kier molecular flexibility index (Phi) is 3.40. The van der Waals surface area contributed by atoms with Crippen LogP contribution in [0.5, 0.6) is 0 Å². The van der Waals surface area contributed by atoms with Crippen molar-refractivity contribution in [3.63, 3.8) is 0 Å². The lowest BCUT2D eigenvalue weighted by molar-refractivity contribution is 0.0697. The minimum atomic E-state index is -1.03. The summed E-state index contributed by atoms with van der Waals surface area (Å²) < 4.78 is 1.63. The van der Waals surface area contributed by atoms with Gasteiger partial charge in [-0.25, -0.2) is 4.79 Å². The largest absolute Gasteiger partial charge is 0.478 e. The molecule has 2 N–H and O–H groups in total. The summed E-state index contributed by atoms with van der Waals surface area (Å²) in [6, 6.07) is 3.45. The van der Waals surface area contributed by atoms with E-state index in [-0.39, 0.29) is 24.5 Å². The van der Waals surface area contributed by atoms with Crippen molar-refractivity contribution in [2.45, 2.75) is 20.4 Å². The number of carbonyl (C=O) groups excluding carboxylic acids is 1. The highest BCUT2D eigenvalue weighted by molar-refractivity contribution is 6.12. The van der Waals surface area contributed by atoms with Gasteiger partial charge in [0.05, 0.1) is 17.7 Å². The van der Waals surface area contributed by atoms with Crippen LogP contribution in [0.3, 0.4) is 0 Å². The molecule has 0 unspecified atom stereocenters. The van der Waals surface area contributed by atoms with E-state index in [1.165, 1.54) is 6.92 Å². The number of hydrogen-bond acceptors (Lipinski definition) is 3. The van der Waals surface area contributed by atoms with E-state index in [1.807, 2.05) is 0 Å². The Bertz CT molecular complexity index is 670. The van der Waals surface area contributed by atoms with Crippen molar-refractivity contribution in [2.24, 2.45) is 0 Å². The normalized spacial score (nSPS) is 10.9. The quantitative estimate of drug-likeness (QED) is 0.823. The van der Waals surface area contributed by atoms with E-state index in [0.29, 0.717) is 22.0 Å². The van der Waals surface area contributed by atoms with Crippen molar-refractivity contribution in [1.29, 1.82) is 0 Å². The Hall–Kier alpha value is -2.14. The number of nitrogens with zero attached hydrogens (tertiary/aromatic N) is 1. The molecule has 0 saturated heterocycles. The van der Waals surface area contributed by atoms with Crippen LogP contribution in [0.2, 0.25) is 0 Å². The second-order valence-electron chi connectivity index (χ2n) is 4.47. The number of aliphatic hydroxyl groups excluding tert-OH is 1. The van der Waals surface area contributed by atoms with Crippen LogP contribution in [0.1, 0.15) is 33.2 Å². The van der Waals surface area contributed by atoms with Gasteiger partial charge in [-0.15, -0.1) is 0 Å². The van der Waals surface area contributed by atoms with Gasteiger partial charge >= 0.3 is 5.97 Å². The summed E-state index contributed by atoms with van der Waals surface area (Å²) in [6.07, 6.45) is 1.61. The third-order valence-corrected chi connectivity index (χ3v) is 3.18. The maximum atomic E-state index is 11.6. The molecule has 0 spiro atoms. The van der Waals surface area contributed by atoms with Crippen LogP contribution in [0.4, 0.5) is 0 Å². The van der Waals surface area contributed by atoms with Gasteiger partial charge in [0, 0.05) is 23.7 Å². The van der Waals surface area contributed by atoms with Crippen molar-refractivity contribution >= 4 is 22.7 Å². The smallest absolute Gasteiger partial charge is 0.338 e. The van der Waals surface area contributed by atoms with E-state index >= 15 is 0 Å². The molecule has 1 aromatic heterocycles.